The molecule has 2 aliphatic carbocycles. The van der Waals surface area contributed by atoms with Gasteiger partial charge in [-0.3, -0.25) is 34.2 Å². The van der Waals surface area contributed by atoms with E-state index in [1.165, 1.54) is 48.4 Å². The van der Waals surface area contributed by atoms with E-state index in [-0.39, 0.29) is 41.8 Å². The number of phenolic OH excluding ortho intramolecular Hbond substituents is 1. The number of benzene rings is 3. The molecule has 11 nitrogen and oxygen atoms in total. The Hall–Kier alpha value is -5.32. The van der Waals surface area contributed by atoms with Crippen LogP contribution in [0.25, 0.3) is 0 Å². The number of hydrogen-bond acceptors (Lipinski definition) is 8. The summed E-state index contributed by atoms with van der Waals surface area (Å²) in [5.41, 5.74) is 0.649. The van der Waals surface area contributed by atoms with Crippen LogP contribution in [0, 0.1) is 39.2 Å². The number of carbonyl (C=O) groups excluding carboxylic acids is 4. The number of anilines is 2. The number of nitrogens with zero attached hydrogens (tertiary/aromatic N) is 3. The van der Waals surface area contributed by atoms with Crippen molar-refractivity contribution in [3.63, 3.8) is 0 Å². The monoisotopic (exact) mass is 607 g/mol. The zero-order chi connectivity index (χ0) is 31.8. The van der Waals surface area contributed by atoms with Crippen molar-refractivity contribution in [2.45, 2.75) is 25.7 Å². The highest BCUT2D eigenvalue weighted by Crippen LogP contribution is 2.64. The lowest BCUT2D eigenvalue weighted by Gasteiger charge is -2.49. The van der Waals surface area contributed by atoms with Crippen molar-refractivity contribution in [2.24, 2.45) is 29.1 Å². The Morgan fingerprint density at radius 1 is 0.889 bits per heavy atom. The molecule has 4 amide bonds. The molecule has 3 fully saturated rings. The molecule has 2 heterocycles. The van der Waals surface area contributed by atoms with Crippen LogP contribution in [0.3, 0.4) is 0 Å². The standard InChI is InChI=1S/C34H29N3O8/c1-34-26(31(40)36(33(34)42)18-6-4-3-5-7-18)17-25-22(29(34)23-13-12-21(38)16-27(23)45-2)14-15-24-28(25)32(41)35(30(24)39)19-8-10-20(11-9-19)37(43)44/h3-14,16,24-26,28-29,38H,15,17H2,1-2H3/t24-,25+,26-,28-,29+,34+/m0/s1. The van der Waals surface area contributed by atoms with Crippen molar-refractivity contribution in [3.05, 3.63) is 100 Å². The van der Waals surface area contributed by atoms with E-state index in [1.807, 2.05) is 6.08 Å². The highest BCUT2D eigenvalue weighted by atomic mass is 16.6. The normalized spacial score (nSPS) is 28.8. The number of para-hydroxylation sites is 1. The van der Waals surface area contributed by atoms with Gasteiger partial charge in [0.15, 0.2) is 0 Å². The molecule has 3 aromatic carbocycles. The summed E-state index contributed by atoms with van der Waals surface area (Å²) in [5, 5.41) is 21.4. The molecule has 1 N–H and O–H groups in total. The van der Waals surface area contributed by atoms with Crippen molar-refractivity contribution in [1.82, 2.24) is 0 Å². The van der Waals surface area contributed by atoms with Gasteiger partial charge in [0.1, 0.15) is 11.5 Å². The molecule has 0 bridgehead atoms. The molecule has 3 aromatic rings. The SMILES string of the molecule is COc1cc(O)ccc1[C@H]1C2=CC[C@@H]3C(=O)N(c4ccc([N+](=O)[O-])cc4)C(=O)[C@@H]3[C@@H]2C[C@H]2C(=O)N(c3ccccc3)C(=O)[C@@]12C. The lowest BCUT2D eigenvalue weighted by Crippen LogP contribution is -2.49. The number of carbonyl (C=O) groups is 4. The lowest BCUT2D eigenvalue weighted by atomic mass is 9.51. The van der Waals surface area contributed by atoms with Crippen LogP contribution >= 0.6 is 0 Å². The number of nitro groups is 1. The second-order valence-corrected chi connectivity index (χ2v) is 12.2. The van der Waals surface area contributed by atoms with Crippen molar-refractivity contribution < 1.29 is 33.9 Å². The molecule has 0 spiro atoms. The molecular weight excluding hydrogens is 578 g/mol. The largest absolute Gasteiger partial charge is 0.508 e. The quantitative estimate of drug-likeness (QED) is 0.189. The number of non-ortho nitro benzene ring substituents is 1. The third-order valence-electron chi connectivity index (χ3n) is 10.1. The number of hydrogen-bond donors (Lipinski definition) is 1. The van der Waals surface area contributed by atoms with Crippen LogP contribution in [0.15, 0.2) is 84.4 Å². The molecule has 228 valence electrons. The molecule has 4 aliphatic rings. The summed E-state index contributed by atoms with van der Waals surface area (Å²) in [6.45, 7) is 1.78. The van der Waals surface area contributed by atoms with Crippen LogP contribution in [-0.4, -0.2) is 40.8 Å². The number of fused-ring (bicyclic) bond motifs is 4. The van der Waals surface area contributed by atoms with Gasteiger partial charge < -0.3 is 9.84 Å². The number of ether oxygens (including phenoxy) is 1. The van der Waals surface area contributed by atoms with E-state index in [4.69, 9.17) is 4.74 Å². The van der Waals surface area contributed by atoms with Gasteiger partial charge in [-0.05, 0) is 56.0 Å². The molecule has 11 heteroatoms. The smallest absolute Gasteiger partial charge is 0.269 e. The fraction of sp³-hybridized carbons (Fsp3) is 0.294. The van der Waals surface area contributed by atoms with E-state index < -0.39 is 51.7 Å². The van der Waals surface area contributed by atoms with E-state index in [9.17, 15) is 34.4 Å². The minimum absolute atomic E-state index is 0.0302. The second kappa shape index (κ2) is 10.1. The number of methoxy groups -OCH3 is 1. The van der Waals surface area contributed by atoms with Crippen molar-refractivity contribution in [2.75, 3.05) is 16.9 Å². The molecule has 0 aromatic heterocycles. The minimum atomic E-state index is -1.25. The molecule has 45 heavy (non-hydrogen) atoms. The third kappa shape index (κ3) is 3.96. The van der Waals surface area contributed by atoms with Gasteiger partial charge in [-0.1, -0.05) is 35.9 Å². The number of rotatable bonds is 5. The number of nitro benzene ring substituents is 1. The van der Waals surface area contributed by atoms with E-state index >= 15 is 0 Å². The van der Waals surface area contributed by atoms with Crippen LogP contribution in [0.5, 0.6) is 11.5 Å². The second-order valence-electron chi connectivity index (χ2n) is 12.2. The van der Waals surface area contributed by atoms with Gasteiger partial charge in [-0.15, -0.1) is 0 Å². The third-order valence-corrected chi connectivity index (χ3v) is 10.1. The predicted octanol–water partition coefficient (Wildman–Crippen LogP) is 4.74. The summed E-state index contributed by atoms with van der Waals surface area (Å²) >= 11 is 0. The van der Waals surface area contributed by atoms with Gasteiger partial charge in [-0.25, -0.2) is 4.90 Å². The number of imide groups is 2. The topological polar surface area (TPSA) is 147 Å². The first kappa shape index (κ1) is 28.5. The maximum atomic E-state index is 14.5. The number of amides is 4. The lowest BCUT2D eigenvalue weighted by molar-refractivity contribution is -0.384. The van der Waals surface area contributed by atoms with E-state index in [0.717, 1.165) is 10.5 Å². The Bertz CT molecular complexity index is 1820. The summed E-state index contributed by atoms with van der Waals surface area (Å²) in [6.07, 6.45) is 2.35. The molecule has 1 saturated carbocycles. The molecular formula is C34H29N3O8. The maximum absolute atomic E-state index is 14.5. The first-order chi connectivity index (χ1) is 21.6. The fourth-order valence-corrected chi connectivity index (χ4v) is 8.10. The van der Waals surface area contributed by atoms with Crippen LogP contribution in [-0.2, 0) is 19.2 Å². The molecule has 2 aliphatic heterocycles. The molecule has 2 saturated heterocycles. The van der Waals surface area contributed by atoms with E-state index in [1.54, 1.807) is 43.3 Å². The average molecular weight is 608 g/mol. The minimum Gasteiger partial charge on any atom is -0.508 e. The van der Waals surface area contributed by atoms with Gasteiger partial charge in [0, 0.05) is 29.7 Å². The number of allylic oxidation sites excluding steroid dienone is 2. The van der Waals surface area contributed by atoms with Gasteiger partial charge in [0.25, 0.3) is 5.69 Å². The summed E-state index contributed by atoms with van der Waals surface area (Å²) < 4.78 is 5.68. The van der Waals surface area contributed by atoms with Crippen molar-refractivity contribution >= 4 is 40.7 Å². The van der Waals surface area contributed by atoms with Crippen molar-refractivity contribution in [1.29, 1.82) is 0 Å². The summed E-state index contributed by atoms with van der Waals surface area (Å²) in [7, 11) is 1.46. The van der Waals surface area contributed by atoms with E-state index in [2.05, 4.69) is 0 Å². The van der Waals surface area contributed by atoms with Crippen LogP contribution < -0.4 is 14.5 Å². The van der Waals surface area contributed by atoms with Gasteiger partial charge >= 0.3 is 0 Å². The highest BCUT2D eigenvalue weighted by molar-refractivity contribution is 6.25. The van der Waals surface area contributed by atoms with Gasteiger partial charge in [0.05, 0.1) is 46.6 Å². The predicted molar refractivity (Wildman–Crippen MR) is 161 cm³/mol. The Kier molecular flexibility index (Phi) is 6.40. The Morgan fingerprint density at radius 3 is 2.24 bits per heavy atom. The van der Waals surface area contributed by atoms with Gasteiger partial charge in [-0.2, -0.15) is 0 Å². The first-order valence-electron chi connectivity index (χ1n) is 14.7. The van der Waals surface area contributed by atoms with Crippen molar-refractivity contribution in [3.8, 4) is 11.5 Å². The Labute approximate surface area is 257 Å². The molecule has 6 atom stereocenters. The molecule has 0 radical (unpaired) electrons. The van der Waals surface area contributed by atoms with Crippen LogP contribution in [0.4, 0.5) is 17.1 Å². The summed E-state index contributed by atoms with van der Waals surface area (Å²) in [6, 6.07) is 18.6. The number of phenols is 1. The summed E-state index contributed by atoms with van der Waals surface area (Å²) in [4.78, 5) is 69.6. The Balaban J connectivity index is 1.36. The average Bonchev–Trinajstić information content (AvgIpc) is 3.41. The van der Waals surface area contributed by atoms with Crippen LogP contribution in [0.1, 0.15) is 31.2 Å². The zero-order valence-electron chi connectivity index (χ0n) is 24.5. The number of aromatic hydroxyl groups is 1. The first-order valence-corrected chi connectivity index (χ1v) is 14.7. The summed E-state index contributed by atoms with van der Waals surface area (Å²) in [5.74, 6) is -4.81. The maximum Gasteiger partial charge on any atom is 0.269 e. The molecule has 0 unspecified atom stereocenters. The van der Waals surface area contributed by atoms with Gasteiger partial charge in [0.2, 0.25) is 23.6 Å². The Morgan fingerprint density at radius 2 is 1.58 bits per heavy atom. The highest BCUT2D eigenvalue weighted by Gasteiger charge is 2.68. The fourth-order valence-electron chi connectivity index (χ4n) is 8.10. The van der Waals surface area contributed by atoms with E-state index in [0.29, 0.717) is 17.0 Å². The molecule has 7 rings (SSSR count). The zero-order valence-corrected chi connectivity index (χ0v) is 24.5. The van der Waals surface area contributed by atoms with Crippen LogP contribution in [0.2, 0.25) is 0 Å².